The van der Waals surface area contributed by atoms with E-state index in [4.69, 9.17) is 9.15 Å². The van der Waals surface area contributed by atoms with Crippen LogP contribution in [0.15, 0.2) is 33.6 Å². The van der Waals surface area contributed by atoms with E-state index >= 15 is 0 Å². The van der Waals surface area contributed by atoms with E-state index in [1.165, 1.54) is 19.3 Å². The van der Waals surface area contributed by atoms with E-state index < -0.39 is 0 Å². The SMILES string of the molecule is Brc1c(OC2CCCCC2)cnn1-c1ccco1. The number of hydrogen-bond donors (Lipinski definition) is 0. The molecule has 96 valence electrons. The molecule has 0 saturated heterocycles. The third kappa shape index (κ3) is 2.32. The van der Waals surface area contributed by atoms with Crippen LogP contribution in [0.5, 0.6) is 5.75 Å². The number of aromatic nitrogens is 2. The van der Waals surface area contributed by atoms with Crippen LogP contribution < -0.4 is 4.74 Å². The van der Waals surface area contributed by atoms with Gasteiger partial charge in [-0.1, -0.05) is 6.42 Å². The fourth-order valence-corrected chi connectivity index (χ4v) is 2.77. The van der Waals surface area contributed by atoms with Gasteiger partial charge in [-0.25, -0.2) is 0 Å². The zero-order valence-electron chi connectivity index (χ0n) is 10.0. The van der Waals surface area contributed by atoms with Gasteiger partial charge >= 0.3 is 0 Å². The molecule has 0 radical (unpaired) electrons. The van der Waals surface area contributed by atoms with Crippen molar-refractivity contribution in [1.82, 2.24) is 9.78 Å². The zero-order chi connectivity index (χ0) is 12.4. The first-order chi connectivity index (χ1) is 8.84. The number of rotatable bonds is 3. The normalized spacial score (nSPS) is 16.9. The number of nitrogens with zero attached hydrogens (tertiary/aromatic N) is 2. The molecule has 0 unspecified atom stereocenters. The molecule has 5 heteroatoms. The molecule has 0 amide bonds. The van der Waals surface area contributed by atoms with Gasteiger partial charge in [-0.2, -0.15) is 9.78 Å². The predicted octanol–water partition coefficient (Wildman–Crippen LogP) is 3.94. The highest BCUT2D eigenvalue weighted by molar-refractivity contribution is 9.10. The van der Waals surface area contributed by atoms with Crippen LogP contribution in [0.1, 0.15) is 32.1 Å². The lowest BCUT2D eigenvalue weighted by Crippen LogP contribution is -2.19. The average molecular weight is 311 g/mol. The van der Waals surface area contributed by atoms with Crippen molar-refractivity contribution < 1.29 is 9.15 Å². The third-order valence-corrected chi connectivity index (χ3v) is 3.97. The summed E-state index contributed by atoms with van der Waals surface area (Å²) in [6.45, 7) is 0. The van der Waals surface area contributed by atoms with Crippen LogP contribution in [0, 0.1) is 0 Å². The Morgan fingerprint density at radius 1 is 1.33 bits per heavy atom. The second-order valence-corrected chi connectivity index (χ2v) is 5.29. The predicted molar refractivity (Wildman–Crippen MR) is 71.0 cm³/mol. The van der Waals surface area contributed by atoms with Crippen molar-refractivity contribution in [3.05, 3.63) is 29.2 Å². The highest BCUT2D eigenvalue weighted by Crippen LogP contribution is 2.30. The van der Waals surface area contributed by atoms with Crippen LogP contribution in [0.4, 0.5) is 0 Å². The van der Waals surface area contributed by atoms with E-state index in [2.05, 4.69) is 21.0 Å². The molecule has 1 fully saturated rings. The molecule has 0 N–H and O–H groups in total. The second kappa shape index (κ2) is 5.18. The summed E-state index contributed by atoms with van der Waals surface area (Å²) >= 11 is 3.51. The van der Waals surface area contributed by atoms with Crippen LogP contribution >= 0.6 is 15.9 Å². The highest BCUT2D eigenvalue weighted by Gasteiger charge is 2.19. The number of furan rings is 1. The van der Waals surface area contributed by atoms with Crippen molar-refractivity contribution >= 4 is 15.9 Å². The van der Waals surface area contributed by atoms with Crippen LogP contribution in [0.25, 0.3) is 5.88 Å². The Hall–Kier alpha value is -1.23. The first-order valence-corrected chi connectivity index (χ1v) is 7.08. The lowest BCUT2D eigenvalue weighted by molar-refractivity contribution is 0.154. The Balaban J connectivity index is 1.77. The Morgan fingerprint density at radius 3 is 2.89 bits per heavy atom. The van der Waals surface area contributed by atoms with E-state index in [-0.39, 0.29) is 0 Å². The summed E-state index contributed by atoms with van der Waals surface area (Å²) < 4.78 is 13.8. The van der Waals surface area contributed by atoms with Gasteiger partial charge in [-0.3, -0.25) is 0 Å². The van der Waals surface area contributed by atoms with Gasteiger partial charge < -0.3 is 9.15 Å². The van der Waals surface area contributed by atoms with E-state index in [0.717, 1.165) is 23.2 Å². The highest BCUT2D eigenvalue weighted by atomic mass is 79.9. The molecule has 1 aliphatic carbocycles. The number of hydrogen-bond acceptors (Lipinski definition) is 3. The monoisotopic (exact) mass is 310 g/mol. The van der Waals surface area contributed by atoms with E-state index in [1.807, 2.05) is 12.1 Å². The van der Waals surface area contributed by atoms with E-state index in [9.17, 15) is 0 Å². The van der Waals surface area contributed by atoms with Gasteiger partial charge in [0.25, 0.3) is 0 Å². The quantitative estimate of drug-likeness (QED) is 0.862. The van der Waals surface area contributed by atoms with Gasteiger partial charge in [0, 0.05) is 6.07 Å². The second-order valence-electron chi connectivity index (χ2n) is 4.54. The third-order valence-electron chi connectivity index (χ3n) is 3.24. The first-order valence-electron chi connectivity index (χ1n) is 6.28. The van der Waals surface area contributed by atoms with E-state index in [0.29, 0.717) is 12.0 Å². The molecular formula is C13H15BrN2O2. The number of halogens is 1. The van der Waals surface area contributed by atoms with Gasteiger partial charge in [-0.15, -0.1) is 0 Å². The molecule has 2 aromatic heterocycles. The molecule has 18 heavy (non-hydrogen) atoms. The van der Waals surface area contributed by atoms with Crippen LogP contribution in [-0.2, 0) is 0 Å². The van der Waals surface area contributed by atoms with Crippen LogP contribution in [0.3, 0.4) is 0 Å². The smallest absolute Gasteiger partial charge is 0.220 e. The molecule has 3 rings (SSSR count). The Bertz CT molecular complexity index is 501. The topological polar surface area (TPSA) is 40.2 Å². The van der Waals surface area contributed by atoms with Crippen LogP contribution in [-0.4, -0.2) is 15.9 Å². The Morgan fingerprint density at radius 2 is 2.17 bits per heavy atom. The zero-order valence-corrected chi connectivity index (χ0v) is 11.6. The van der Waals surface area contributed by atoms with Crippen LogP contribution in [0.2, 0.25) is 0 Å². The largest absolute Gasteiger partial charge is 0.486 e. The summed E-state index contributed by atoms with van der Waals surface area (Å²) in [5.74, 6) is 1.47. The fourth-order valence-electron chi connectivity index (χ4n) is 2.30. The summed E-state index contributed by atoms with van der Waals surface area (Å²) in [5, 5.41) is 4.27. The molecule has 1 saturated carbocycles. The molecule has 0 aromatic carbocycles. The van der Waals surface area contributed by atoms with Gasteiger partial charge in [-0.05, 0) is 47.7 Å². The van der Waals surface area contributed by atoms with Gasteiger partial charge in [0.2, 0.25) is 5.88 Å². The van der Waals surface area contributed by atoms with E-state index in [1.54, 1.807) is 17.1 Å². The molecule has 0 bridgehead atoms. The lowest BCUT2D eigenvalue weighted by Gasteiger charge is -2.22. The fraction of sp³-hybridized carbons (Fsp3) is 0.462. The minimum atomic E-state index is 0.323. The maximum absolute atomic E-state index is 5.99. The van der Waals surface area contributed by atoms with Gasteiger partial charge in [0.15, 0.2) is 10.4 Å². The number of ether oxygens (including phenoxy) is 1. The average Bonchev–Trinajstić information content (AvgIpc) is 3.02. The summed E-state index contributed by atoms with van der Waals surface area (Å²) in [7, 11) is 0. The molecule has 0 atom stereocenters. The minimum Gasteiger partial charge on any atom is -0.486 e. The molecule has 4 nitrogen and oxygen atoms in total. The molecule has 0 aliphatic heterocycles. The van der Waals surface area contributed by atoms with Crippen molar-refractivity contribution in [2.45, 2.75) is 38.2 Å². The van der Waals surface area contributed by atoms with Crippen molar-refractivity contribution in [2.24, 2.45) is 0 Å². The summed E-state index contributed by atoms with van der Waals surface area (Å²) in [6.07, 6.45) is 9.81. The Labute approximate surface area is 114 Å². The summed E-state index contributed by atoms with van der Waals surface area (Å²) in [4.78, 5) is 0. The molecular weight excluding hydrogens is 296 g/mol. The molecule has 2 heterocycles. The maximum atomic E-state index is 5.99. The molecule has 1 aliphatic rings. The van der Waals surface area contributed by atoms with Gasteiger partial charge in [0.05, 0.1) is 18.6 Å². The molecule has 2 aromatic rings. The van der Waals surface area contributed by atoms with Crippen molar-refractivity contribution in [3.8, 4) is 11.6 Å². The first kappa shape index (κ1) is 11.8. The van der Waals surface area contributed by atoms with Crippen molar-refractivity contribution in [3.63, 3.8) is 0 Å². The van der Waals surface area contributed by atoms with Crippen molar-refractivity contribution in [2.75, 3.05) is 0 Å². The maximum Gasteiger partial charge on any atom is 0.220 e. The summed E-state index contributed by atoms with van der Waals surface area (Å²) in [5.41, 5.74) is 0. The molecule has 0 spiro atoms. The minimum absolute atomic E-state index is 0.323. The Kier molecular flexibility index (Phi) is 3.41. The standard InChI is InChI=1S/C13H15BrN2O2/c14-13-11(18-10-5-2-1-3-6-10)9-15-16(13)12-7-4-8-17-12/h4,7-10H,1-3,5-6H2. The van der Waals surface area contributed by atoms with Crippen molar-refractivity contribution in [1.29, 1.82) is 0 Å². The van der Waals surface area contributed by atoms with Gasteiger partial charge in [0.1, 0.15) is 0 Å². The summed E-state index contributed by atoms with van der Waals surface area (Å²) in [6, 6.07) is 3.70. The lowest BCUT2D eigenvalue weighted by atomic mass is 9.98.